The number of amides is 2. The van der Waals surface area contributed by atoms with Crippen molar-refractivity contribution in [3.8, 4) is 28.4 Å². The van der Waals surface area contributed by atoms with Gasteiger partial charge in [0.05, 0.1) is 31.2 Å². The van der Waals surface area contributed by atoms with Gasteiger partial charge in [-0.05, 0) is 96.3 Å². The molecule has 12 nitrogen and oxygen atoms in total. The molecule has 3 rings (SSSR count). The lowest BCUT2D eigenvalue weighted by molar-refractivity contribution is -0.162. The summed E-state index contributed by atoms with van der Waals surface area (Å²) in [5.41, 5.74) is -0.354. The van der Waals surface area contributed by atoms with E-state index in [1.807, 2.05) is 6.92 Å². The molecule has 1 heterocycles. The molecule has 0 saturated carbocycles. The first-order valence-electron chi connectivity index (χ1n) is 15.6. The number of nitrogens with one attached hydrogen (secondary N) is 2. The quantitative estimate of drug-likeness (QED) is 0.174. The van der Waals surface area contributed by atoms with Crippen LogP contribution in [0.2, 0.25) is 0 Å². The van der Waals surface area contributed by atoms with Crippen LogP contribution in [0.3, 0.4) is 0 Å². The van der Waals surface area contributed by atoms with Crippen LogP contribution in [0.25, 0.3) is 16.9 Å². The van der Waals surface area contributed by atoms with Gasteiger partial charge in [-0.2, -0.15) is 5.10 Å². The minimum Gasteiger partial charge on any atom is -0.496 e. The first-order chi connectivity index (χ1) is 22.5. The van der Waals surface area contributed by atoms with Gasteiger partial charge >= 0.3 is 12.1 Å². The van der Waals surface area contributed by atoms with Crippen molar-refractivity contribution in [2.24, 2.45) is 5.92 Å². The van der Waals surface area contributed by atoms with Crippen LogP contribution < -0.4 is 20.1 Å². The summed E-state index contributed by atoms with van der Waals surface area (Å²) in [6, 6.07) is 11.3. The van der Waals surface area contributed by atoms with Crippen LogP contribution in [-0.4, -0.2) is 71.5 Å². The van der Waals surface area contributed by atoms with Gasteiger partial charge in [0, 0.05) is 19.0 Å². The number of rotatable bonds is 13. The molecule has 0 aliphatic carbocycles. The molecule has 0 fully saturated rings. The number of alkyl carbamates (subject to hydrolysis) is 1. The van der Waals surface area contributed by atoms with E-state index >= 15 is 0 Å². The predicted octanol–water partition coefficient (Wildman–Crippen LogP) is 5.65. The van der Waals surface area contributed by atoms with E-state index in [1.165, 1.54) is 49.2 Å². The van der Waals surface area contributed by atoms with Crippen LogP contribution in [-0.2, 0) is 19.1 Å². The van der Waals surface area contributed by atoms with Crippen molar-refractivity contribution in [2.45, 2.75) is 78.6 Å². The molecule has 13 heteroatoms. The number of Topliss-reactive ketones (excluding diaryl/α,β-unsaturated/α-hetero) is 1. The zero-order valence-electron chi connectivity index (χ0n) is 28.9. The molecule has 2 N–H and O–H groups in total. The number of ether oxygens (including phenoxy) is 4. The van der Waals surface area contributed by atoms with Crippen LogP contribution in [0.1, 0.15) is 71.8 Å². The van der Waals surface area contributed by atoms with Gasteiger partial charge in [-0.25, -0.2) is 18.7 Å². The van der Waals surface area contributed by atoms with Gasteiger partial charge in [0.15, 0.2) is 5.69 Å². The summed E-state index contributed by atoms with van der Waals surface area (Å²) in [5, 5.41) is 10.1. The number of esters is 1. The Balaban J connectivity index is 2.04. The standard InChI is InChI=1S/C35H45FN4O8/c1-10-21(20-37-33(44)48-35(5,6)7)24(19-27(41)32(43)47-34(2,3)4)38-31(42)25-18-26(30-28(45-8)12-11-13-29(30)46-9)40(39-25)23-16-14-22(36)15-17-23/h11-18,21,24H,10,19-20H2,1-9H3,(H,37,44)(H,38,42)/t21-,24?/m1/s1. The fourth-order valence-electron chi connectivity index (χ4n) is 4.85. The summed E-state index contributed by atoms with van der Waals surface area (Å²) in [4.78, 5) is 52.1. The minimum absolute atomic E-state index is 0.0334. The number of carbonyl (C=O) groups excluding carboxylic acids is 4. The van der Waals surface area contributed by atoms with Crippen molar-refractivity contribution in [3.63, 3.8) is 0 Å². The number of methoxy groups -OCH3 is 2. The Morgan fingerprint density at radius 2 is 1.48 bits per heavy atom. The Morgan fingerprint density at radius 3 is 2.00 bits per heavy atom. The summed E-state index contributed by atoms with van der Waals surface area (Å²) in [5.74, 6) is -2.63. The molecule has 2 amide bonds. The SMILES string of the molecule is CC[C@H](CNC(=O)OC(C)(C)C)C(CC(=O)C(=O)OC(C)(C)C)NC(=O)c1cc(-c2c(OC)cccc2OC)n(-c2ccc(F)cc2)n1. The Morgan fingerprint density at radius 1 is 0.896 bits per heavy atom. The second kappa shape index (κ2) is 15.8. The maximum Gasteiger partial charge on any atom is 0.407 e. The normalized spacial score (nSPS) is 12.8. The van der Waals surface area contributed by atoms with Gasteiger partial charge in [0.1, 0.15) is 28.5 Å². The molecule has 0 aliphatic heterocycles. The molecule has 0 bridgehead atoms. The van der Waals surface area contributed by atoms with E-state index in [4.69, 9.17) is 18.9 Å². The van der Waals surface area contributed by atoms with E-state index in [1.54, 1.807) is 59.7 Å². The first-order valence-corrected chi connectivity index (χ1v) is 15.6. The second-order valence-electron chi connectivity index (χ2n) is 13.1. The fraction of sp³-hybridized carbons (Fsp3) is 0.457. The minimum atomic E-state index is -1.04. The third-order valence-corrected chi connectivity index (χ3v) is 7.05. The average molecular weight is 669 g/mol. The summed E-state index contributed by atoms with van der Waals surface area (Å²) in [6.45, 7) is 12.0. The van der Waals surface area contributed by atoms with Crippen LogP contribution in [0.4, 0.5) is 9.18 Å². The predicted molar refractivity (Wildman–Crippen MR) is 177 cm³/mol. The van der Waals surface area contributed by atoms with Crippen LogP contribution >= 0.6 is 0 Å². The highest BCUT2D eigenvalue weighted by Crippen LogP contribution is 2.39. The van der Waals surface area contributed by atoms with Gasteiger partial charge in [-0.15, -0.1) is 0 Å². The lowest BCUT2D eigenvalue weighted by Gasteiger charge is -2.28. The van der Waals surface area contributed by atoms with E-state index in [0.717, 1.165) is 0 Å². The molecule has 3 aromatic rings. The van der Waals surface area contributed by atoms with Gasteiger partial charge in [0.2, 0.25) is 5.78 Å². The summed E-state index contributed by atoms with van der Waals surface area (Å²) < 4.78 is 37.1. The number of carbonyl (C=O) groups is 4. The molecule has 0 spiro atoms. The van der Waals surface area contributed by atoms with Gasteiger partial charge in [0.25, 0.3) is 5.91 Å². The number of hydrogen-bond acceptors (Lipinski definition) is 9. The number of ketones is 1. The first kappa shape index (κ1) is 37.5. The maximum absolute atomic E-state index is 13.9. The highest BCUT2D eigenvalue weighted by atomic mass is 19.1. The maximum atomic E-state index is 13.9. The van der Waals surface area contributed by atoms with Gasteiger partial charge in [-0.3, -0.25) is 9.59 Å². The number of halogens is 1. The molecule has 1 unspecified atom stereocenters. The largest absolute Gasteiger partial charge is 0.496 e. The van der Waals surface area contributed by atoms with E-state index < -0.39 is 59.2 Å². The summed E-state index contributed by atoms with van der Waals surface area (Å²) >= 11 is 0. The highest BCUT2D eigenvalue weighted by Gasteiger charge is 2.32. The van der Waals surface area contributed by atoms with Crippen molar-refractivity contribution in [2.75, 3.05) is 20.8 Å². The summed E-state index contributed by atoms with van der Waals surface area (Å²) in [6.07, 6.45) is -0.658. The molecular weight excluding hydrogens is 623 g/mol. The Kier molecular flexibility index (Phi) is 12.3. The number of benzene rings is 2. The van der Waals surface area contributed by atoms with E-state index in [0.29, 0.717) is 34.9 Å². The van der Waals surface area contributed by atoms with E-state index in [-0.39, 0.29) is 12.2 Å². The lowest BCUT2D eigenvalue weighted by atomic mass is 9.92. The highest BCUT2D eigenvalue weighted by molar-refractivity contribution is 6.33. The Bertz CT molecular complexity index is 1580. The van der Waals surface area contributed by atoms with Crippen molar-refractivity contribution in [3.05, 3.63) is 60.0 Å². The molecule has 0 saturated heterocycles. The van der Waals surface area contributed by atoms with Crippen LogP contribution in [0.15, 0.2) is 48.5 Å². The molecule has 1 aromatic heterocycles. The molecule has 0 aliphatic rings. The van der Waals surface area contributed by atoms with E-state index in [9.17, 15) is 23.6 Å². The van der Waals surface area contributed by atoms with Gasteiger partial charge < -0.3 is 29.6 Å². The molecular formula is C35H45FN4O8. The second-order valence-corrected chi connectivity index (χ2v) is 13.1. The fourth-order valence-corrected chi connectivity index (χ4v) is 4.85. The van der Waals surface area contributed by atoms with Crippen molar-refractivity contribution < 1.29 is 42.5 Å². The number of aromatic nitrogens is 2. The Labute approximate surface area is 280 Å². The number of hydrogen-bond donors (Lipinski definition) is 2. The molecule has 0 radical (unpaired) electrons. The monoisotopic (exact) mass is 668 g/mol. The third-order valence-electron chi connectivity index (χ3n) is 7.05. The van der Waals surface area contributed by atoms with Crippen molar-refractivity contribution in [1.82, 2.24) is 20.4 Å². The van der Waals surface area contributed by atoms with Crippen LogP contribution in [0.5, 0.6) is 11.5 Å². The van der Waals surface area contributed by atoms with Crippen molar-refractivity contribution >= 4 is 23.8 Å². The average Bonchev–Trinajstić information content (AvgIpc) is 3.44. The topological polar surface area (TPSA) is 147 Å². The molecule has 2 atom stereocenters. The smallest absolute Gasteiger partial charge is 0.407 e. The zero-order valence-corrected chi connectivity index (χ0v) is 28.9. The molecule has 260 valence electrons. The Hall–Kier alpha value is -4.94. The number of nitrogens with zero attached hydrogens (tertiary/aromatic N) is 2. The molecule has 48 heavy (non-hydrogen) atoms. The van der Waals surface area contributed by atoms with Crippen molar-refractivity contribution in [1.29, 1.82) is 0 Å². The molecule has 2 aromatic carbocycles. The lowest BCUT2D eigenvalue weighted by Crippen LogP contribution is -2.47. The third kappa shape index (κ3) is 10.3. The zero-order chi connectivity index (χ0) is 35.8. The van der Waals surface area contributed by atoms with Crippen LogP contribution in [0, 0.1) is 11.7 Å². The van der Waals surface area contributed by atoms with Gasteiger partial charge in [-0.1, -0.05) is 13.0 Å². The summed E-state index contributed by atoms with van der Waals surface area (Å²) in [7, 11) is 2.99. The van der Waals surface area contributed by atoms with E-state index in [2.05, 4.69) is 15.7 Å².